The van der Waals surface area contributed by atoms with E-state index in [4.69, 9.17) is 4.74 Å². The molecule has 2 heterocycles. The molecular weight excluding hydrogens is 374 g/mol. The minimum absolute atomic E-state index is 0.0673. The predicted octanol–water partition coefficient (Wildman–Crippen LogP) is 4.34. The fourth-order valence-corrected chi connectivity index (χ4v) is 4.41. The number of hydrogen-bond donors (Lipinski definition) is 3. The third-order valence-corrected chi connectivity index (χ3v) is 5.99. The molecule has 1 amide bonds. The predicted molar refractivity (Wildman–Crippen MR) is 121 cm³/mol. The van der Waals surface area contributed by atoms with Gasteiger partial charge in [0.05, 0.1) is 12.6 Å². The first-order chi connectivity index (χ1) is 14.7. The van der Waals surface area contributed by atoms with E-state index in [1.54, 1.807) is 7.11 Å². The summed E-state index contributed by atoms with van der Waals surface area (Å²) in [5.74, 6) is -0.0673. The number of hydrogen-bond acceptors (Lipinski definition) is 3. The van der Waals surface area contributed by atoms with Crippen molar-refractivity contribution < 1.29 is 9.53 Å². The van der Waals surface area contributed by atoms with Gasteiger partial charge >= 0.3 is 0 Å². The third-order valence-electron chi connectivity index (χ3n) is 5.99. The van der Waals surface area contributed by atoms with Crippen LogP contribution < -0.4 is 10.6 Å². The lowest BCUT2D eigenvalue weighted by molar-refractivity contribution is 0.0937. The molecule has 0 saturated heterocycles. The number of aromatic amines is 1. The van der Waals surface area contributed by atoms with Gasteiger partial charge < -0.3 is 20.4 Å². The number of nitrogens with one attached hydrogen (secondary N) is 3. The minimum Gasteiger partial charge on any atom is -0.383 e. The van der Waals surface area contributed by atoms with Gasteiger partial charge in [0.2, 0.25) is 0 Å². The van der Waals surface area contributed by atoms with E-state index in [9.17, 15) is 4.79 Å². The number of unbranched alkanes of at least 4 members (excludes halogenated alkanes) is 1. The maximum Gasteiger partial charge on any atom is 0.251 e. The number of methoxy groups -OCH3 is 1. The van der Waals surface area contributed by atoms with Crippen LogP contribution >= 0.6 is 0 Å². The van der Waals surface area contributed by atoms with E-state index in [0.29, 0.717) is 24.8 Å². The summed E-state index contributed by atoms with van der Waals surface area (Å²) in [5.41, 5.74) is 5.72. The Labute approximate surface area is 178 Å². The highest BCUT2D eigenvalue weighted by atomic mass is 16.5. The van der Waals surface area contributed by atoms with Gasteiger partial charge in [0.1, 0.15) is 0 Å². The van der Waals surface area contributed by atoms with Gasteiger partial charge in [0, 0.05) is 41.9 Å². The van der Waals surface area contributed by atoms with Crippen molar-refractivity contribution in [1.29, 1.82) is 0 Å². The number of carbonyl (C=O) groups excluding carboxylic acids is 1. The molecule has 0 bridgehead atoms. The minimum atomic E-state index is -0.0673. The van der Waals surface area contributed by atoms with Crippen LogP contribution in [0.15, 0.2) is 48.5 Å². The summed E-state index contributed by atoms with van der Waals surface area (Å²) in [6, 6.07) is 17.1. The Morgan fingerprint density at radius 2 is 1.97 bits per heavy atom. The molecule has 2 atom stereocenters. The number of para-hydroxylation sites is 1. The first-order valence-corrected chi connectivity index (χ1v) is 10.9. The molecule has 3 aromatic rings. The van der Waals surface area contributed by atoms with Crippen LogP contribution in [-0.4, -0.2) is 37.2 Å². The summed E-state index contributed by atoms with van der Waals surface area (Å²) >= 11 is 0. The topological polar surface area (TPSA) is 66.2 Å². The molecule has 0 radical (unpaired) electrons. The van der Waals surface area contributed by atoms with Gasteiger partial charge in [-0.1, -0.05) is 50.1 Å². The lowest BCUT2D eigenvalue weighted by atomic mass is 9.88. The highest BCUT2D eigenvalue weighted by Crippen LogP contribution is 2.36. The second-order valence-corrected chi connectivity index (χ2v) is 8.08. The zero-order chi connectivity index (χ0) is 20.9. The Hall–Kier alpha value is -2.63. The molecule has 158 valence electrons. The highest BCUT2D eigenvalue weighted by molar-refractivity contribution is 5.94. The highest BCUT2D eigenvalue weighted by Gasteiger charge is 2.30. The summed E-state index contributed by atoms with van der Waals surface area (Å²) in [4.78, 5) is 16.0. The first kappa shape index (κ1) is 20.6. The Morgan fingerprint density at radius 1 is 1.17 bits per heavy atom. The lowest BCUT2D eigenvalue weighted by Gasteiger charge is -2.32. The van der Waals surface area contributed by atoms with Crippen molar-refractivity contribution in [3.63, 3.8) is 0 Å². The maximum atomic E-state index is 12.3. The number of H-pyrrole nitrogens is 1. The van der Waals surface area contributed by atoms with Crippen molar-refractivity contribution in [2.24, 2.45) is 0 Å². The van der Waals surface area contributed by atoms with E-state index < -0.39 is 0 Å². The summed E-state index contributed by atoms with van der Waals surface area (Å²) in [5, 5.41) is 8.07. The van der Waals surface area contributed by atoms with Crippen LogP contribution in [0.4, 0.5) is 0 Å². The molecule has 3 N–H and O–H groups in total. The lowest BCUT2D eigenvalue weighted by Crippen LogP contribution is -2.39. The monoisotopic (exact) mass is 405 g/mol. The zero-order valence-corrected chi connectivity index (χ0v) is 17.8. The van der Waals surface area contributed by atoms with Crippen molar-refractivity contribution in [1.82, 2.24) is 15.6 Å². The van der Waals surface area contributed by atoms with Crippen molar-refractivity contribution in [3.8, 4) is 0 Å². The number of carbonyl (C=O) groups is 1. The van der Waals surface area contributed by atoms with Gasteiger partial charge in [-0.3, -0.25) is 4.79 Å². The second kappa shape index (κ2) is 9.45. The van der Waals surface area contributed by atoms with Crippen LogP contribution in [0.5, 0.6) is 0 Å². The van der Waals surface area contributed by atoms with E-state index in [2.05, 4.69) is 58.9 Å². The Morgan fingerprint density at radius 3 is 2.73 bits per heavy atom. The molecule has 2 aromatic carbocycles. The Balaban J connectivity index is 1.61. The smallest absolute Gasteiger partial charge is 0.251 e. The van der Waals surface area contributed by atoms with Crippen molar-refractivity contribution in [2.75, 3.05) is 20.3 Å². The average Bonchev–Trinajstić information content (AvgIpc) is 3.16. The van der Waals surface area contributed by atoms with Gasteiger partial charge in [0.25, 0.3) is 5.91 Å². The Kier molecular flexibility index (Phi) is 6.50. The van der Waals surface area contributed by atoms with Gasteiger partial charge in [0.15, 0.2) is 0 Å². The van der Waals surface area contributed by atoms with Crippen LogP contribution in [-0.2, 0) is 11.2 Å². The van der Waals surface area contributed by atoms with Gasteiger partial charge in [-0.05, 0) is 42.2 Å². The molecule has 4 rings (SSSR count). The summed E-state index contributed by atoms with van der Waals surface area (Å²) in [6.45, 7) is 3.27. The molecule has 0 fully saturated rings. The molecule has 5 nitrogen and oxygen atoms in total. The van der Waals surface area contributed by atoms with E-state index in [0.717, 1.165) is 6.42 Å². The molecule has 1 aromatic heterocycles. The molecule has 0 spiro atoms. The van der Waals surface area contributed by atoms with E-state index in [1.165, 1.54) is 47.0 Å². The van der Waals surface area contributed by atoms with Crippen molar-refractivity contribution >= 4 is 16.8 Å². The molecule has 5 heteroatoms. The van der Waals surface area contributed by atoms with Crippen LogP contribution in [0.2, 0.25) is 0 Å². The molecule has 0 saturated carbocycles. The number of amides is 1. The molecular formula is C25H31N3O2. The molecule has 1 aliphatic rings. The fraction of sp³-hybridized carbons (Fsp3) is 0.400. The van der Waals surface area contributed by atoms with Crippen LogP contribution in [0, 0.1) is 0 Å². The average molecular weight is 406 g/mol. The van der Waals surface area contributed by atoms with Crippen molar-refractivity contribution in [3.05, 3.63) is 70.9 Å². The van der Waals surface area contributed by atoms with Gasteiger partial charge in [-0.2, -0.15) is 0 Å². The number of rotatable bonds is 8. The van der Waals surface area contributed by atoms with Crippen molar-refractivity contribution in [2.45, 2.75) is 44.7 Å². The third kappa shape index (κ3) is 4.27. The fourth-order valence-electron chi connectivity index (χ4n) is 4.41. The number of ether oxygens (including phenoxy) is 1. The van der Waals surface area contributed by atoms with Crippen LogP contribution in [0.3, 0.4) is 0 Å². The number of benzene rings is 2. The second-order valence-electron chi connectivity index (χ2n) is 8.08. The number of fused-ring (bicyclic) bond motifs is 3. The quantitative estimate of drug-likeness (QED) is 0.489. The SMILES string of the molecule is CCCC[C@H]1Cc2c([nH]c3ccccc23)[C@H](c2ccc(C(=O)NCCOC)cc2)N1. The molecule has 30 heavy (non-hydrogen) atoms. The molecule has 0 unspecified atom stereocenters. The van der Waals surface area contributed by atoms with Gasteiger partial charge in [-0.25, -0.2) is 0 Å². The summed E-state index contributed by atoms with van der Waals surface area (Å²) in [7, 11) is 1.63. The van der Waals surface area contributed by atoms with Gasteiger partial charge in [-0.15, -0.1) is 0 Å². The number of aromatic nitrogens is 1. The van der Waals surface area contributed by atoms with E-state index >= 15 is 0 Å². The van der Waals surface area contributed by atoms with Crippen LogP contribution in [0.25, 0.3) is 10.9 Å². The Bertz CT molecular complexity index is 993. The maximum absolute atomic E-state index is 12.3. The normalized spacial score (nSPS) is 18.3. The van der Waals surface area contributed by atoms with Crippen LogP contribution in [0.1, 0.15) is 59.4 Å². The largest absolute Gasteiger partial charge is 0.383 e. The summed E-state index contributed by atoms with van der Waals surface area (Å²) < 4.78 is 5.00. The van der Waals surface area contributed by atoms with E-state index in [-0.39, 0.29) is 11.9 Å². The molecule has 0 aliphatic carbocycles. The standard InChI is InChI=1S/C25H31N3O2/c1-3-4-7-19-16-21-20-8-5-6-9-22(20)28-24(21)23(27-19)17-10-12-18(13-11-17)25(29)26-14-15-30-2/h5-6,8-13,19,23,27-28H,3-4,7,14-16H2,1-2H3,(H,26,29)/t19-,23-/m0/s1. The molecule has 1 aliphatic heterocycles. The zero-order valence-electron chi connectivity index (χ0n) is 17.8. The van der Waals surface area contributed by atoms with E-state index in [1.807, 2.05) is 12.1 Å². The first-order valence-electron chi connectivity index (χ1n) is 10.9. The summed E-state index contributed by atoms with van der Waals surface area (Å²) in [6.07, 6.45) is 4.65.